The highest BCUT2D eigenvalue weighted by molar-refractivity contribution is 6.39. The number of nitrogens with zero attached hydrogens (tertiary/aromatic N) is 1. The van der Waals surface area contributed by atoms with Crippen molar-refractivity contribution in [3.63, 3.8) is 0 Å². The van der Waals surface area contributed by atoms with Crippen LogP contribution in [0.25, 0.3) is 0 Å². The van der Waals surface area contributed by atoms with Crippen LogP contribution in [0.1, 0.15) is 18.1 Å². The molecule has 24 heavy (non-hydrogen) atoms. The summed E-state index contributed by atoms with van der Waals surface area (Å²) in [5.74, 6) is -3.26. The fourth-order valence-electron chi connectivity index (χ4n) is 1.85. The third kappa shape index (κ3) is 4.45. The summed E-state index contributed by atoms with van der Waals surface area (Å²) in [5, 5.41) is 6.02. The number of anilines is 1. The first-order valence-electron chi connectivity index (χ1n) is 7.04. The largest absolute Gasteiger partial charge is 0.329 e. The Labute approximate surface area is 137 Å². The number of carbonyl (C=O) groups excluding carboxylic acids is 2. The van der Waals surface area contributed by atoms with Gasteiger partial charge in [0.25, 0.3) is 0 Å². The number of halogens is 2. The van der Waals surface area contributed by atoms with Crippen LogP contribution in [0.15, 0.2) is 47.6 Å². The molecule has 2 aromatic rings. The van der Waals surface area contributed by atoms with Gasteiger partial charge in [-0.25, -0.2) is 14.2 Å². The molecule has 0 fully saturated rings. The molecule has 0 saturated heterocycles. The highest BCUT2D eigenvalue weighted by atomic mass is 19.1. The molecule has 2 N–H and O–H groups in total. The van der Waals surface area contributed by atoms with Crippen molar-refractivity contribution in [2.24, 2.45) is 5.10 Å². The van der Waals surface area contributed by atoms with Crippen LogP contribution in [0, 0.1) is 18.6 Å². The molecule has 0 aliphatic rings. The van der Waals surface area contributed by atoms with Gasteiger partial charge in [-0.1, -0.05) is 17.7 Å². The molecular formula is C17H15F2N3O2. The van der Waals surface area contributed by atoms with Gasteiger partial charge in [-0.3, -0.25) is 9.59 Å². The first-order valence-corrected chi connectivity index (χ1v) is 7.04. The van der Waals surface area contributed by atoms with Crippen molar-refractivity contribution in [1.82, 2.24) is 5.43 Å². The Morgan fingerprint density at radius 1 is 1.00 bits per heavy atom. The van der Waals surface area contributed by atoms with Crippen molar-refractivity contribution < 1.29 is 18.4 Å². The maximum absolute atomic E-state index is 13.6. The van der Waals surface area contributed by atoms with E-state index in [0.29, 0.717) is 5.69 Å². The summed E-state index contributed by atoms with van der Waals surface area (Å²) in [6.45, 7) is 3.28. The third-order valence-electron chi connectivity index (χ3n) is 3.16. The number of hydrazone groups is 1. The predicted molar refractivity (Wildman–Crippen MR) is 86.5 cm³/mol. The molecule has 0 spiro atoms. The number of amides is 2. The molecule has 0 aliphatic carbocycles. The second-order valence-corrected chi connectivity index (χ2v) is 5.08. The Hall–Kier alpha value is -3.09. The first kappa shape index (κ1) is 17.3. The Kier molecular flexibility index (Phi) is 5.36. The standard InChI is InChI=1S/C17H15F2N3O2/c1-10-3-6-13(7-4-10)20-16(23)17(24)22-21-11(2)14-9-12(18)5-8-15(14)19/h3-9H,1-2H3,(H,20,23)(H,22,24)/b21-11-. The number of rotatable bonds is 3. The van der Waals surface area contributed by atoms with Gasteiger partial charge in [0.05, 0.1) is 5.71 Å². The van der Waals surface area contributed by atoms with E-state index < -0.39 is 23.4 Å². The number of hydrogen-bond donors (Lipinski definition) is 2. The highest BCUT2D eigenvalue weighted by Gasteiger charge is 2.14. The summed E-state index contributed by atoms with van der Waals surface area (Å²) < 4.78 is 26.7. The van der Waals surface area contributed by atoms with Crippen LogP contribution in [-0.2, 0) is 9.59 Å². The molecule has 7 heteroatoms. The zero-order valence-corrected chi connectivity index (χ0v) is 13.1. The maximum atomic E-state index is 13.6. The summed E-state index contributed by atoms with van der Waals surface area (Å²) in [4.78, 5) is 23.4. The second kappa shape index (κ2) is 7.45. The summed E-state index contributed by atoms with van der Waals surface area (Å²) >= 11 is 0. The molecule has 0 unspecified atom stereocenters. The Bertz CT molecular complexity index is 802. The van der Waals surface area contributed by atoms with Crippen molar-refractivity contribution in [1.29, 1.82) is 0 Å². The Balaban J connectivity index is 2.01. The van der Waals surface area contributed by atoms with Gasteiger partial charge >= 0.3 is 11.8 Å². The van der Waals surface area contributed by atoms with Crippen LogP contribution in [0.5, 0.6) is 0 Å². The molecule has 2 amide bonds. The molecule has 2 rings (SSSR count). The monoisotopic (exact) mass is 331 g/mol. The Morgan fingerprint density at radius 3 is 2.33 bits per heavy atom. The van der Waals surface area contributed by atoms with E-state index in [9.17, 15) is 18.4 Å². The molecule has 5 nitrogen and oxygen atoms in total. The molecule has 2 aromatic carbocycles. The van der Waals surface area contributed by atoms with Crippen molar-refractivity contribution in [2.75, 3.05) is 5.32 Å². The SMILES string of the molecule is C/C(=N/NC(=O)C(=O)Nc1ccc(C)cc1)c1cc(F)ccc1F. The second-order valence-electron chi connectivity index (χ2n) is 5.08. The molecule has 0 bridgehead atoms. The lowest BCUT2D eigenvalue weighted by Crippen LogP contribution is -2.33. The van der Waals surface area contributed by atoms with Crippen molar-refractivity contribution >= 4 is 23.2 Å². The minimum atomic E-state index is -1.02. The van der Waals surface area contributed by atoms with Crippen LogP contribution in [-0.4, -0.2) is 17.5 Å². The molecule has 0 atom stereocenters. The van der Waals surface area contributed by atoms with Gasteiger partial charge in [-0.2, -0.15) is 5.10 Å². The van der Waals surface area contributed by atoms with Crippen LogP contribution in [0.4, 0.5) is 14.5 Å². The zero-order valence-electron chi connectivity index (χ0n) is 13.1. The molecule has 0 radical (unpaired) electrons. The lowest BCUT2D eigenvalue weighted by atomic mass is 10.1. The van der Waals surface area contributed by atoms with Gasteiger partial charge in [-0.05, 0) is 44.2 Å². The number of nitrogens with one attached hydrogen (secondary N) is 2. The Morgan fingerprint density at radius 2 is 1.67 bits per heavy atom. The van der Waals surface area contributed by atoms with Crippen LogP contribution in [0.2, 0.25) is 0 Å². The van der Waals surface area contributed by atoms with Gasteiger partial charge in [0, 0.05) is 11.3 Å². The van der Waals surface area contributed by atoms with Gasteiger partial charge in [0.2, 0.25) is 0 Å². The predicted octanol–water partition coefficient (Wildman–Crippen LogP) is 2.75. The lowest BCUT2D eigenvalue weighted by Gasteiger charge is -2.06. The molecule has 124 valence electrons. The number of benzene rings is 2. The summed E-state index contributed by atoms with van der Waals surface area (Å²) in [6.07, 6.45) is 0. The third-order valence-corrected chi connectivity index (χ3v) is 3.16. The van der Waals surface area contributed by atoms with Crippen LogP contribution in [0.3, 0.4) is 0 Å². The van der Waals surface area contributed by atoms with Crippen LogP contribution >= 0.6 is 0 Å². The molecular weight excluding hydrogens is 316 g/mol. The van der Waals surface area contributed by atoms with E-state index in [-0.39, 0.29) is 11.3 Å². The van der Waals surface area contributed by atoms with E-state index in [1.54, 1.807) is 24.3 Å². The molecule has 0 aromatic heterocycles. The summed E-state index contributed by atoms with van der Waals surface area (Å²) in [7, 11) is 0. The van der Waals surface area contributed by atoms with Gasteiger partial charge in [0.15, 0.2) is 0 Å². The highest BCUT2D eigenvalue weighted by Crippen LogP contribution is 2.11. The minimum absolute atomic E-state index is 0.0310. The van der Waals surface area contributed by atoms with Crippen molar-refractivity contribution in [2.45, 2.75) is 13.8 Å². The first-order chi connectivity index (χ1) is 11.4. The minimum Gasteiger partial charge on any atom is -0.318 e. The van der Waals surface area contributed by atoms with E-state index in [4.69, 9.17) is 0 Å². The average molecular weight is 331 g/mol. The van der Waals surface area contributed by atoms with E-state index in [2.05, 4.69) is 10.4 Å². The van der Waals surface area contributed by atoms with Crippen LogP contribution < -0.4 is 10.7 Å². The average Bonchev–Trinajstić information content (AvgIpc) is 2.56. The topological polar surface area (TPSA) is 70.6 Å². The molecule has 0 aliphatic heterocycles. The van der Waals surface area contributed by atoms with Crippen molar-refractivity contribution in [3.05, 3.63) is 65.2 Å². The van der Waals surface area contributed by atoms with E-state index in [1.807, 2.05) is 12.3 Å². The quantitative estimate of drug-likeness (QED) is 0.516. The van der Waals surface area contributed by atoms with Gasteiger partial charge in [0.1, 0.15) is 11.6 Å². The van der Waals surface area contributed by atoms with E-state index in [1.165, 1.54) is 6.92 Å². The number of aryl methyl sites for hydroxylation is 1. The van der Waals surface area contributed by atoms with E-state index >= 15 is 0 Å². The molecule has 0 saturated carbocycles. The fourth-order valence-corrected chi connectivity index (χ4v) is 1.85. The number of carbonyl (C=O) groups is 2. The summed E-state index contributed by atoms with van der Waals surface area (Å²) in [5.41, 5.74) is 3.40. The lowest BCUT2D eigenvalue weighted by molar-refractivity contribution is -0.136. The smallest absolute Gasteiger partial charge is 0.318 e. The number of hydrogen-bond acceptors (Lipinski definition) is 3. The summed E-state index contributed by atoms with van der Waals surface area (Å²) in [6, 6.07) is 9.74. The van der Waals surface area contributed by atoms with E-state index in [0.717, 1.165) is 23.8 Å². The van der Waals surface area contributed by atoms with Crippen molar-refractivity contribution in [3.8, 4) is 0 Å². The fraction of sp³-hybridized carbons (Fsp3) is 0.118. The normalized spacial score (nSPS) is 11.1. The van der Waals surface area contributed by atoms with Gasteiger partial charge in [-0.15, -0.1) is 0 Å². The molecule has 0 heterocycles. The van der Waals surface area contributed by atoms with Gasteiger partial charge < -0.3 is 5.32 Å². The maximum Gasteiger partial charge on any atom is 0.329 e. The zero-order chi connectivity index (χ0) is 17.7.